The molecule has 2 aromatic carbocycles. The van der Waals surface area contributed by atoms with Gasteiger partial charge in [0.1, 0.15) is 0 Å². The van der Waals surface area contributed by atoms with E-state index < -0.39 is 36.8 Å². The van der Waals surface area contributed by atoms with E-state index in [1.165, 1.54) is 141 Å². The van der Waals surface area contributed by atoms with Crippen LogP contribution < -0.4 is 5.79 Å². The van der Waals surface area contributed by atoms with E-state index in [1.54, 1.807) is 47.9 Å². The third-order valence-corrected chi connectivity index (χ3v) is 31.8. The van der Waals surface area contributed by atoms with Gasteiger partial charge in [-0.3, -0.25) is 0 Å². The first kappa shape index (κ1) is 41.0. The number of hydrogen-bond donors (Lipinski definition) is 0. The standard InChI is InChI=1S/C38H54S2.6CH3.2Sn/c1-3-5-7-9-11-13-15-17-19-21-23-31-29-35-36(37-33(31)25-27-39-37)30-32(34-26-28-40-38(34)35)24-22-20-18-16-14-12-10-8-6-4-2;;;;;;;;/h25-26,29-30H,3-24H2,1-2H3;6*1H3;;. The number of hydrogen-bond acceptors (Lipinski definition) is 2. The molecule has 2 heterocycles. The molecule has 4 rings (SSSR count). The Morgan fingerprint density at radius 3 is 0.958 bits per heavy atom. The van der Waals surface area contributed by atoms with E-state index >= 15 is 0 Å². The molecule has 4 heteroatoms. The Labute approximate surface area is 313 Å². The molecule has 0 aliphatic heterocycles. The van der Waals surface area contributed by atoms with Crippen LogP contribution in [0.3, 0.4) is 0 Å². The van der Waals surface area contributed by atoms with Crippen molar-refractivity contribution < 1.29 is 0 Å². The molecule has 0 aliphatic carbocycles. The zero-order valence-electron chi connectivity index (χ0n) is 32.7. The maximum absolute atomic E-state index is 2.69. The second-order valence-electron chi connectivity index (χ2n) is 17.2. The molecule has 0 spiro atoms. The van der Waals surface area contributed by atoms with Crippen LogP contribution in [-0.2, 0) is 12.8 Å². The Morgan fingerprint density at radius 1 is 0.375 bits per heavy atom. The second kappa shape index (κ2) is 20.5. The topological polar surface area (TPSA) is 0 Å². The summed E-state index contributed by atoms with van der Waals surface area (Å²) in [7, 11) is 0. The van der Waals surface area contributed by atoms with Crippen molar-refractivity contribution in [2.75, 3.05) is 0 Å². The van der Waals surface area contributed by atoms with E-state index in [9.17, 15) is 0 Å². The summed E-state index contributed by atoms with van der Waals surface area (Å²) in [6.07, 6.45) is 30.7. The molecular weight excluding hydrogens is 830 g/mol. The molecule has 48 heavy (non-hydrogen) atoms. The molecule has 0 unspecified atom stereocenters. The van der Waals surface area contributed by atoms with Crippen molar-refractivity contribution in [1.29, 1.82) is 0 Å². The fourth-order valence-electron chi connectivity index (χ4n) is 7.45. The van der Waals surface area contributed by atoms with E-state index in [0.29, 0.717) is 0 Å². The van der Waals surface area contributed by atoms with Crippen LogP contribution >= 0.6 is 22.7 Å². The molecule has 0 N–H and O–H groups in total. The van der Waals surface area contributed by atoms with Gasteiger partial charge < -0.3 is 0 Å². The first-order valence-electron chi connectivity index (χ1n) is 20.5. The summed E-state index contributed by atoms with van der Waals surface area (Å²) in [5.74, 6) is 0. The second-order valence-corrected chi connectivity index (χ2v) is 50.2. The minimum atomic E-state index is -2.21. The van der Waals surface area contributed by atoms with Crippen LogP contribution in [0.5, 0.6) is 0 Å². The molecule has 0 saturated carbocycles. The summed E-state index contributed by atoms with van der Waals surface area (Å²) in [4.78, 5) is 15.7. The van der Waals surface area contributed by atoms with Crippen molar-refractivity contribution in [2.45, 2.75) is 185 Å². The van der Waals surface area contributed by atoms with Gasteiger partial charge in [0.25, 0.3) is 0 Å². The zero-order chi connectivity index (χ0) is 34.6. The molecule has 2 aromatic heterocycles. The summed E-state index contributed by atoms with van der Waals surface area (Å²) in [5.41, 5.74) is 3.29. The normalized spacial score (nSPS) is 12.8. The zero-order valence-corrected chi connectivity index (χ0v) is 40.0. The van der Waals surface area contributed by atoms with Gasteiger partial charge in [-0.2, -0.15) is 0 Å². The Balaban J connectivity index is 1.55. The minimum absolute atomic E-state index is 1.25. The van der Waals surface area contributed by atoms with Crippen LogP contribution in [0.4, 0.5) is 0 Å². The average Bonchev–Trinajstić information content (AvgIpc) is 3.70. The third kappa shape index (κ3) is 12.1. The molecule has 0 aliphatic rings. The number of unbranched alkanes of at least 4 members (excludes halogenated alkanes) is 18. The SMILES string of the molecule is CCCCCCCCCCCCc1cc2c(cc(CCCCCCCCCCCC)c3c[c]([Sn]([CH3])([CH3])[CH3])sc32)c2s[c]([Sn]([CH3])([CH3])[CH3])cc12. The summed E-state index contributed by atoms with van der Waals surface area (Å²) in [6, 6.07) is 10.7. The van der Waals surface area contributed by atoms with Gasteiger partial charge in [0.2, 0.25) is 0 Å². The number of thiophene rings is 2. The van der Waals surface area contributed by atoms with E-state index in [1.807, 2.05) is 0 Å². The molecule has 4 aromatic rings. The van der Waals surface area contributed by atoms with Gasteiger partial charge in [0.05, 0.1) is 0 Å². The predicted molar refractivity (Wildman–Crippen MR) is 232 cm³/mol. The summed E-state index contributed by atoms with van der Waals surface area (Å²) in [5, 5.41) is 6.38. The van der Waals surface area contributed by atoms with Gasteiger partial charge in [-0.15, -0.1) is 0 Å². The fraction of sp³-hybridized carbons (Fsp3) is 0.682. The van der Waals surface area contributed by atoms with Crippen molar-refractivity contribution in [3.63, 3.8) is 0 Å². The van der Waals surface area contributed by atoms with Crippen LogP contribution in [0.15, 0.2) is 24.3 Å². The summed E-state index contributed by atoms with van der Waals surface area (Å²) in [6.45, 7) is 4.63. The van der Waals surface area contributed by atoms with Crippen LogP contribution in [-0.4, -0.2) is 36.8 Å². The molecule has 0 radical (unpaired) electrons. The van der Waals surface area contributed by atoms with E-state index in [-0.39, 0.29) is 0 Å². The molecule has 0 saturated heterocycles. The van der Waals surface area contributed by atoms with Gasteiger partial charge in [-0.1, -0.05) is 52.4 Å². The molecular formula is C44H72S2Sn2. The quantitative estimate of drug-likeness (QED) is 0.0485. The van der Waals surface area contributed by atoms with Crippen molar-refractivity contribution >= 4 is 96.2 Å². The van der Waals surface area contributed by atoms with Crippen molar-refractivity contribution in [3.8, 4) is 0 Å². The monoisotopic (exact) mass is 904 g/mol. The molecule has 0 bridgehead atoms. The van der Waals surface area contributed by atoms with Gasteiger partial charge in [-0.05, 0) is 0 Å². The Kier molecular flexibility index (Phi) is 17.5. The van der Waals surface area contributed by atoms with E-state index in [2.05, 4.69) is 90.4 Å². The third-order valence-electron chi connectivity index (χ3n) is 10.7. The first-order chi connectivity index (χ1) is 23.0. The van der Waals surface area contributed by atoms with Crippen molar-refractivity contribution in [3.05, 3.63) is 35.4 Å². The molecule has 268 valence electrons. The molecule has 0 nitrogen and oxygen atoms in total. The number of rotatable bonds is 24. The number of aryl methyl sites for hydroxylation is 2. The van der Waals surface area contributed by atoms with Crippen LogP contribution in [0.2, 0.25) is 29.6 Å². The van der Waals surface area contributed by atoms with Crippen molar-refractivity contribution in [2.24, 2.45) is 0 Å². The van der Waals surface area contributed by atoms with Gasteiger partial charge in [0.15, 0.2) is 0 Å². The van der Waals surface area contributed by atoms with E-state index in [0.717, 1.165) is 0 Å². The van der Waals surface area contributed by atoms with Gasteiger partial charge in [-0.25, -0.2) is 0 Å². The van der Waals surface area contributed by atoms with Gasteiger partial charge in [0, 0.05) is 0 Å². The Bertz CT molecular complexity index is 1410. The summed E-state index contributed by atoms with van der Waals surface area (Å²) < 4.78 is 6.75. The van der Waals surface area contributed by atoms with Gasteiger partial charge >= 0.3 is 264 Å². The molecule has 0 atom stereocenters. The van der Waals surface area contributed by atoms with Crippen LogP contribution in [0.25, 0.3) is 30.9 Å². The molecule has 0 amide bonds. The van der Waals surface area contributed by atoms with Crippen LogP contribution in [0, 0.1) is 0 Å². The maximum atomic E-state index is 2.69. The van der Waals surface area contributed by atoms with Crippen LogP contribution in [0.1, 0.15) is 153 Å². The Hall–Kier alpha value is 0.217. The van der Waals surface area contributed by atoms with E-state index in [4.69, 9.17) is 0 Å². The average molecular weight is 903 g/mol. The number of fused-ring (bicyclic) bond motifs is 5. The summed E-state index contributed by atoms with van der Waals surface area (Å²) >= 11 is -0.0333. The molecule has 0 fully saturated rings. The fourth-order valence-corrected chi connectivity index (χ4v) is 20.3. The van der Waals surface area contributed by atoms with Crippen molar-refractivity contribution in [1.82, 2.24) is 0 Å². The Morgan fingerprint density at radius 2 is 0.667 bits per heavy atom. The number of benzene rings is 2. The first-order valence-corrected chi connectivity index (χ1v) is 42.1. The predicted octanol–water partition coefficient (Wildman–Crippen LogP) is 15.3.